The number of aromatic nitrogens is 1. The summed E-state index contributed by atoms with van der Waals surface area (Å²) in [6.45, 7) is 0.111. The highest BCUT2D eigenvalue weighted by Gasteiger charge is 2.35. The highest BCUT2D eigenvalue weighted by Crippen LogP contribution is 2.31. The second-order valence-corrected chi connectivity index (χ2v) is 7.16. The Balaban J connectivity index is 2.17. The molecule has 3 N–H and O–H groups in total. The fraction of sp³-hybridized carbons (Fsp3) is 0.583. The maximum Gasteiger partial charge on any atom is 0.244 e. The highest BCUT2D eigenvalue weighted by molar-refractivity contribution is 7.89. The summed E-state index contributed by atoms with van der Waals surface area (Å²) in [5, 5.41) is 10.3. The average molecular weight is 285 g/mol. The molecular weight excluding hydrogens is 266 g/mol. The fourth-order valence-electron chi connectivity index (χ4n) is 2.41. The van der Waals surface area contributed by atoms with Crippen molar-refractivity contribution in [3.8, 4) is 0 Å². The van der Waals surface area contributed by atoms with Gasteiger partial charge in [-0.25, -0.2) is 13.4 Å². The molecule has 106 valence electrons. The Morgan fingerprint density at radius 3 is 2.58 bits per heavy atom. The molecule has 0 unspecified atom stereocenters. The van der Waals surface area contributed by atoms with E-state index in [2.05, 4.69) is 4.98 Å². The lowest BCUT2D eigenvalue weighted by molar-refractivity contribution is 0.0333. The quantitative estimate of drug-likeness (QED) is 0.844. The average Bonchev–Trinajstić information content (AvgIpc) is 2.76. The van der Waals surface area contributed by atoms with Crippen LogP contribution in [0.4, 0.5) is 5.82 Å². The van der Waals surface area contributed by atoms with Gasteiger partial charge in [-0.3, -0.25) is 0 Å². The summed E-state index contributed by atoms with van der Waals surface area (Å²) in [5.41, 5.74) is 4.54. The van der Waals surface area contributed by atoms with Gasteiger partial charge in [0.25, 0.3) is 0 Å². The van der Waals surface area contributed by atoms with Crippen molar-refractivity contribution < 1.29 is 13.5 Å². The number of aliphatic hydroxyl groups is 1. The van der Waals surface area contributed by atoms with Gasteiger partial charge in [-0.1, -0.05) is 12.8 Å². The van der Waals surface area contributed by atoms with Crippen LogP contribution in [0.2, 0.25) is 0 Å². The monoisotopic (exact) mass is 285 g/mol. The number of sulfonamides is 1. The third-order valence-corrected chi connectivity index (χ3v) is 5.31. The molecule has 1 heterocycles. The number of hydrogen-bond acceptors (Lipinski definition) is 5. The number of pyridine rings is 1. The molecule has 0 saturated heterocycles. The van der Waals surface area contributed by atoms with Crippen molar-refractivity contribution in [2.75, 3.05) is 19.3 Å². The van der Waals surface area contributed by atoms with Crippen LogP contribution < -0.4 is 5.73 Å². The number of nitrogens with zero attached hydrogens (tertiary/aromatic N) is 2. The van der Waals surface area contributed by atoms with Crippen LogP contribution in [0.25, 0.3) is 0 Å². The first-order chi connectivity index (χ1) is 8.83. The zero-order valence-electron chi connectivity index (χ0n) is 10.9. The predicted molar refractivity (Wildman–Crippen MR) is 71.9 cm³/mol. The van der Waals surface area contributed by atoms with Crippen LogP contribution in [-0.2, 0) is 10.0 Å². The topological polar surface area (TPSA) is 96.5 Å². The summed E-state index contributed by atoms with van der Waals surface area (Å²) >= 11 is 0. The van der Waals surface area contributed by atoms with Gasteiger partial charge in [-0.05, 0) is 25.0 Å². The van der Waals surface area contributed by atoms with Crippen LogP contribution in [-0.4, -0.2) is 42.0 Å². The van der Waals surface area contributed by atoms with Crippen LogP contribution in [0.1, 0.15) is 25.7 Å². The van der Waals surface area contributed by atoms with Gasteiger partial charge in [0.2, 0.25) is 10.0 Å². The van der Waals surface area contributed by atoms with Crippen LogP contribution in [0.3, 0.4) is 0 Å². The second kappa shape index (κ2) is 5.07. The molecule has 0 bridgehead atoms. The zero-order chi connectivity index (χ0) is 14.1. The molecule has 2 rings (SSSR count). The van der Waals surface area contributed by atoms with Gasteiger partial charge in [0.05, 0.1) is 5.60 Å². The van der Waals surface area contributed by atoms with Crippen LogP contribution >= 0.6 is 0 Å². The molecule has 6 nitrogen and oxygen atoms in total. The van der Waals surface area contributed by atoms with Crippen molar-refractivity contribution >= 4 is 15.8 Å². The second-order valence-electron chi connectivity index (χ2n) is 5.11. The molecule has 7 heteroatoms. The van der Waals surface area contributed by atoms with E-state index in [1.807, 2.05) is 0 Å². The van der Waals surface area contributed by atoms with Crippen molar-refractivity contribution in [3.63, 3.8) is 0 Å². The van der Waals surface area contributed by atoms with Gasteiger partial charge in [-0.2, -0.15) is 4.31 Å². The van der Waals surface area contributed by atoms with E-state index >= 15 is 0 Å². The summed E-state index contributed by atoms with van der Waals surface area (Å²) in [4.78, 5) is 3.88. The molecule has 1 aliphatic rings. The molecule has 0 amide bonds. The van der Waals surface area contributed by atoms with Gasteiger partial charge >= 0.3 is 0 Å². The van der Waals surface area contributed by atoms with E-state index in [-0.39, 0.29) is 17.3 Å². The van der Waals surface area contributed by atoms with E-state index in [9.17, 15) is 13.5 Å². The smallest absolute Gasteiger partial charge is 0.244 e. The molecule has 0 radical (unpaired) electrons. The van der Waals surface area contributed by atoms with E-state index in [1.54, 1.807) is 0 Å². The number of likely N-dealkylation sites (N-methyl/N-ethyl adjacent to an activating group) is 1. The van der Waals surface area contributed by atoms with E-state index in [4.69, 9.17) is 5.73 Å². The Labute approximate surface area is 113 Å². The highest BCUT2D eigenvalue weighted by atomic mass is 32.2. The molecule has 0 atom stereocenters. The van der Waals surface area contributed by atoms with Crippen LogP contribution in [0, 0.1) is 0 Å². The first-order valence-corrected chi connectivity index (χ1v) is 7.68. The Kier molecular flexibility index (Phi) is 3.80. The third-order valence-electron chi connectivity index (χ3n) is 3.52. The van der Waals surface area contributed by atoms with Crippen molar-refractivity contribution in [2.24, 2.45) is 0 Å². The van der Waals surface area contributed by atoms with Gasteiger partial charge < -0.3 is 10.8 Å². The number of rotatable bonds is 4. The Bertz CT molecular complexity index is 536. The fourth-order valence-corrected chi connectivity index (χ4v) is 3.61. The molecule has 0 spiro atoms. The minimum atomic E-state index is -3.63. The molecule has 19 heavy (non-hydrogen) atoms. The normalized spacial score (nSPS) is 18.9. The predicted octanol–water partition coefficient (Wildman–Crippen LogP) is 0.589. The third kappa shape index (κ3) is 3.05. The largest absolute Gasteiger partial charge is 0.389 e. The van der Waals surface area contributed by atoms with E-state index in [0.29, 0.717) is 12.8 Å². The molecular formula is C12H19N3O3S. The molecule has 0 aliphatic heterocycles. The summed E-state index contributed by atoms with van der Waals surface area (Å²) in [7, 11) is -2.15. The van der Waals surface area contributed by atoms with Crippen molar-refractivity contribution in [3.05, 3.63) is 18.3 Å². The molecule has 1 aromatic heterocycles. The van der Waals surface area contributed by atoms with Crippen molar-refractivity contribution in [1.29, 1.82) is 0 Å². The van der Waals surface area contributed by atoms with E-state index in [1.165, 1.54) is 29.7 Å². The molecule has 0 aromatic carbocycles. The molecule has 1 aromatic rings. The number of anilines is 1. The van der Waals surface area contributed by atoms with Gasteiger partial charge in [0.15, 0.2) is 0 Å². The SMILES string of the molecule is CN(CC1(O)CCCC1)S(=O)(=O)c1ccc(N)nc1. The standard InChI is InChI=1S/C12H19N3O3S/c1-15(9-12(16)6-2-3-7-12)19(17,18)10-4-5-11(13)14-8-10/h4-5,8,16H,2-3,6-7,9H2,1H3,(H2,13,14). The summed E-state index contributed by atoms with van der Waals surface area (Å²) in [6.07, 6.45) is 4.40. The van der Waals surface area contributed by atoms with Crippen molar-refractivity contribution in [1.82, 2.24) is 9.29 Å². The Morgan fingerprint density at radius 2 is 2.05 bits per heavy atom. The summed E-state index contributed by atoms with van der Waals surface area (Å²) < 4.78 is 25.8. The zero-order valence-corrected chi connectivity index (χ0v) is 11.7. The van der Waals surface area contributed by atoms with Crippen LogP contribution in [0.15, 0.2) is 23.2 Å². The maximum atomic E-state index is 12.3. The number of hydrogen-bond donors (Lipinski definition) is 2. The minimum absolute atomic E-state index is 0.0887. The Hall–Kier alpha value is -1.18. The summed E-state index contributed by atoms with van der Waals surface area (Å²) in [5.74, 6) is 0.274. The maximum absolute atomic E-state index is 12.3. The molecule has 1 saturated carbocycles. The first kappa shape index (κ1) is 14.2. The Morgan fingerprint density at radius 1 is 1.42 bits per heavy atom. The lowest BCUT2D eigenvalue weighted by Gasteiger charge is -2.28. The van der Waals surface area contributed by atoms with Gasteiger partial charge in [0.1, 0.15) is 10.7 Å². The van der Waals surface area contributed by atoms with E-state index in [0.717, 1.165) is 12.8 Å². The molecule has 1 fully saturated rings. The lowest BCUT2D eigenvalue weighted by Crippen LogP contribution is -2.42. The lowest BCUT2D eigenvalue weighted by atomic mass is 10.0. The van der Waals surface area contributed by atoms with Crippen LogP contribution in [0.5, 0.6) is 0 Å². The minimum Gasteiger partial charge on any atom is -0.389 e. The van der Waals surface area contributed by atoms with Crippen molar-refractivity contribution in [2.45, 2.75) is 36.2 Å². The summed E-state index contributed by atoms with van der Waals surface area (Å²) in [6, 6.07) is 2.87. The first-order valence-electron chi connectivity index (χ1n) is 6.24. The van der Waals surface area contributed by atoms with Gasteiger partial charge in [-0.15, -0.1) is 0 Å². The number of nitrogen functional groups attached to an aromatic ring is 1. The van der Waals surface area contributed by atoms with E-state index < -0.39 is 15.6 Å². The molecule has 1 aliphatic carbocycles. The van der Waals surface area contributed by atoms with Gasteiger partial charge in [0, 0.05) is 19.8 Å². The number of nitrogens with two attached hydrogens (primary N) is 1.